The first-order valence-electron chi connectivity index (χ1n) is 10.7. The standard InChI is InChI=1S/C26H24BrClN2O3/c1-17-15-21(27)24(22(28)16-17)33-14-6-5-13-30-25(18-9-11-19(32-2)12-10-18)29-23-8-4-3-7-20(23)26(30)31/h3-4,7-12,15-16H,5-6,13-14H2,1-2H3. The van der Waals surface area contributed by atoms with Gasteiger partial charge in [-0.05, 0) is 89.8 Å². The van der Waals surface area contributed by atoms with Gasteiger partial charge in [0.25, 0.3) is 5.56 Å². The minimum absolute atomic E-state index is 0.0448. The summed E-state index contributed by atoms with van der Waals surface area (Å²) in [6, 6.07) is 18.9. The molecule has 0 aliphatic carbocycles. The normalized spacial score (nSPS) is 11.0. The van der Waals surface area contributed by atoms with E-state index in [0.29, 0.717) is 40.7 Å². The largest absolute Gasteiger partial charge is 0.497 e. The summed E-state index contributed by atoms with van der Waals surface area (Å²) in [6.45, 7) is 3.01. The van der Waals surface area contributed by atoms with Gasteiger partial charge in [-0.15, -0.1) is 0 Å². The molecule has 0 saturated heterocycles. The molecule has 0 amide bonds. The van der Waals surface area contributed by atoms with Crippen molar-refractivity contribution >= 4 is 38.4 Å². The van der Waals surface area contributed by atoms with E-state index in [1.165, 1.54) is 0 Å². The Kier molecular flexibility index (Phi) is 7.36. The zero-order valence-electron chi connectivity index (χ0n) is 18.5. The second-order valence-electron chi connectivity index (χ2n) is 7.75. The molecule has 0 bridgehead atoms. The molecule has 33 heavy (non-hydrogen) atoms. The summed E-state index contributed by atoms with van der Waals surface area (Å²) in [6.07, 6.45) is 1.52. The van der Waals surface area contributed by atoms with Gasteiger partial charge in [-0.2, -0.15) is 0 Å². The lowest BCUT2D eigenvalue weighted by Crippen LogP contribution is -2.24. The summed E-state index contributed by atoms with van der Waals surface area (Å²) in [5, 5.41) is 1.19. The smallest absolute Gasteiger partial charge is 0.261 e. The Morgan fingerprint density at radius 1 is 1.06 bits per heavy atom. The zero-order chi connectivity index (χ0) is 23.4. The first-order chi connectivity index (χ1) is 16.0. The van der Waals surface area contributed by atoms with Gasteiger partial charge >= 0.3 is 0 Å². The number of benzene rings is 3. The molecule has 0 fully saturated rings. The predicted molar refractivity (Wildman–Crippen MR) is 137 cm³/mol. The maximum Gasteiger partial charge on any atom is 0.261 e. The summed E-state index contributed by atoms with van der Waals surface area (Å²) >= 11 is 9.82. The van der Waals surface area contributed by atoms with Crippen LogP contribution in [-0.4, -0.2) is 23.3 Å². The predicted octanol–water partition coefficient (Wildman–Crippen LogP) is 6.66. The number of hydrogen-bond donors (Lipinski definition) is 0. The highest BCUT2D eigenvalue weighted by molar-refractivity contribution is 9.10. The average Bonchev–Trinajstić information content (AvgIpc) is 2.81. The number of rotatable bonds is 8. The topological polar surface area (TPSA) is 53.3 Å². The maximum atomic E-state index is 13.3. The van der Waals surface area contributed by atoms with E-state index in [-0.39, 0.29) is 5.56 Å². The summed E-state index contributed by atoms with van der Waals surface area (Å²) in [5.41, 5.74) is 2.57. The maximum absolute atomic E-state index is 13.3. The van der Waals surface area contributed by atoms with Gasteiger partial charge < -0.3 is 9.47 Å². The molecule has 4 aromatic rings. The van der Waals surface area contributed by atoms with Crippen molar-refractivity contribution in [2.75, 3.05) is 13.7 Å². The molecule has 4 rings (SSSR count). The summed E-state index contributed by atoms with van der Waals surface area (Å²) in [5.74, 6) is 2.05. The fraction of sp³-hybridized carbons (Fsp3) is 0.231. The van der Waals surface area contributed by atoms with Crippen LogP contribution in [0.3, 0.4) is 0 Å². The number of hydrogen-bond acceptors (Lipinski definition) is 4. The first kappa shape index (κ1) is 23.3. The molecule has 0 aliphatic rings. The number of fused-ring (bicyclic) bond motifs is 1. The summed E-state index contributed by atoms with van der Waals surface area (Å²) in [7, 11) is 1.63. The van der Waals surface area contributed by atoms with E-state index in [1.54, 1.807) is 11.7 Å². The van der Waals surface area contributed by atoms with Crippen molar-refractivity contribution in [2.24, 2.45) is 0 Å². The van der Waals surface area contributed by atoms with Crippen molar-refractivity contribution in [3.63, 3.8) is 0 Å². The van der Waals surface area contributed by atoms with Crippen LogP contribution in [0.2, 0.25) is 5.02 Å². The van der Waals surface area contributed by atoms with Gasteiger partial charge in [-0.1, -0.05) is 23.7 Å². The van der Waals surface area contributed by atoms with E-state index >= 15 is 0 Å². The average molecular weight is 528 g/mol. The van der Waals surface area contributed by atoms with Crippen molar-refractivity contribution in [3.8, 4) is 22.9 Å². The molecule has 1 aromatic heterocycles. The van der Waals surface area contributed by atoms with Gasteiger partial charge in [0.15, 0.2) is 5.75 Å². The number of halogens is 2. The number of aromatic nitrogens is 2. The molecule has 0 unspecified atom stereocenters. The van der Waals surface area contributed by atoms with Crippen molar-refractivity contribution in [2.45, 2.75) is 26.3 Å². The quantitative estimate of drug-likeness (QED) is 0.241. The molecule has 0 atom stereocenters. The molecule has 7 heteroatoms. The number of methoxy groups -OCH3 is 1. The Labute approximate surface area is 206 Å². The van der Waals surface area contributed by atoms with Crippen molar-refractivity contribution in [1.29, 1.82) is 0 Å². The second-order valence-corrected chi connectivity index (χ2v) is 9.01. The van der Waals surface area contributed by atoms with Gasteiger partial charge in [0.05, 0.1) is 34.1 Å². The SMILES string of the molecule is COc1ccc(-c2nc3ccccc3c(=O)n2CCCCOc2c(Cl)cc(C)cc2Br)cc1. The highest BCUT2D eigenvalue weighted by Gasteiger charge is 2.13. The molecule has 3 aromatic carbocycles. The number of aryl methyl sites for hydroxylation is 1. The second kappa shape index (κ2) is 10.4. The third kappa shape index (κ3) is 5.23. The van der Waals surface area contributed by atoms with Gasteiger partial charge in [0.2, 0.25) is 0 Å². The highest BCUT2D eigenvalue weighted by Crippen LogP contribution is 2.34. The molecule has 1 heterocycles. The third-order valence-electron chi connectivity index (χ3n) is 5.37. The minimum Gasteiger partial charge on any atom is -0.497 e. The van der Waals surface area contributed by atoms with E-state index in [4.69, 9.17) is 26.1 Å². The Balaban J connectivity index is 1.54. The third-order valence-corrected chi connectivity index (χ3v) is 6.24. The molecular weight excluding hydrogens is 504 g/mol. The van der Waals surface area contributed by atoms with Crippen LogP contribution >= 0.6 is 27.5 Å². The Hall–Kier alpha value is -2.83. The van der Waals surface area contributed by atoms with Gasteiger partial charge in [0.1, 0.15) is 11.6 Å². The van der Waals surface area contributed by atoms with Crippen LogP contribution in [-0.2, 0) is 6.54 Å². The van der Waals surface area contributed by atoms with Crippen LogP contribution in [0, 0.1) is 6.92 Å². The zero-order valence-corrected chi connectivity index (χ0v) is 20.8. The monoisotopic (exact) mass is 526 g/mol. The van der Waals surface area contributed by atoms with Gasteiger partial charge in [-0.3, -0.25) is 9.36 Å². The molecule has 170 valence electrons. The molecule has 0 radical (unpaired) electrons. The van der Waals surface area contributed by atoms with E-state index < -0.39 is 0 Å². The Bertz CT molecular complexity index is 1310. The van der Waals surface area contributed by atoms with E-state index in [2.05, 4.69) is 15.9 Å². The lowest BCUT2D eigenvalue weighted by molar-refractivity contribution is 0.301. The van der Waals surface area contributed by atoms with E-state index in [9.17, 15) is 4.79 Å². The minimum atomic E-state index is -0.0448. The van der Waals surface area contributed by atoms with E-state index in [0.717, 1.165) is 34.2 Å². The Morgan fingerprint density at radius 3 is 2.55 bits per heavy atom. The summed E-state index contributed by atoms with van der Waals surface area (Å²) < 4.78 is 13.8. The van der Waals surface area contributed by atoms with Crippen molar-refractivity contribution in [3.05, 3.63) is 86.1 Å². The van der Waals surface area contributed by atoms with Gasteiger partial charge in [-0.25, -0.2) is 4.98 Å². The van der Waals surface area contributed by atoms with Crippen LogP contribution in [0.5, 0.6) is 11.5 Å². The van der Waals surface area contributed by atoms with E-state index in [1.807, 2.05) is 67.6 Å². The van der Waals surface area contributed by atoms with Crippen molar-refractivity contribution < 1.29 is 9.47 Å². The van der Waals surface area contributed by atoms with Crippen LogP contribution in [0.25, 0.3) is 22.3 Å². The molecular formula is C26H24BrClN2O3. The van der Waals surface area contributed by atoms with Crippen LogP contribution in [0.4, 0.5) is 0 Å². The fourth-order valence-corrected chi connectivity index (χ4v) is 4.84. The molecule has 0 N–H and O–H groups in total. The Morgan fingerprint density at radius 2 is 1.82 bits per heavy atom. The lowest BCUT2D eigenvalue weighted by atomic mass is 10.1. The highest BCUT2D eigenvalue weighted by atomic mass is 79.9. The number of para-hydroxylation sites is 1. The molecule has 5 nitrogen and oxygen atoms in total. The number of ether oxygens (including phenoxy) is 2. The van der Waals surface area contributed by atoms with Crippen LogP contribution in [0.15, 0.2) is 69.9 Å². The molecule has 0 saturated carbocycles. The number of nitrogens with zero attached hydrogens (tertiary/aromatic N) is 2. The molecule has 0 spiro atoms. The van der Waals surface area contributed by atoms with Gasteiger partial charge in [0, 0.05) is 12.1 Å². The lowest BCUT2D eigenvalue weighted by Gasteiger charge is -2.15. The van der Waals surface area contributed by atoms with Crippen LogP contribution < -0.4 is 15.0 Å². The summed E-state index contributed by atoms with van der Waals surface area (Å²) in [4.78, 5) is 18.1. The first-order valence-corrected chi connectivity index (χ1v) is 11.9. The number of unbranched alkanes of at least 4 members (excludes halogenated alkanes) is 1. The molecule has 0 aliphatic heterocycles. The van der Waals surface area contributed by atoms with Crippen LogP contribution in [0.1, 0.15) is 18.4 Å². The van der Waals surface area contributed by atoms with Crippen molar-refractivity contribution in [1.82, 2.24) is 9.55 Å². The fourth-order valence-electron chi connectivity index (χ4n) is 3.71.